The van der Waals surface area contributed by atoms with Crippen LogP contribution in [0.2, 0.25) is 0 Å². The van der Waals surface area contributed by atoms with Gasteiger partial charge < -0.3 is 5.32 Å². The molecule has 0 amide bonds. The minimum Gasteiger partial charge on any atom is -0.312 e. The fraction of sp³-hybridized carbons (Fsp3) is 0.529. The molecule has 0 saturated heterocycles. The van der Waals surface area contributed by atoms with E-state index in [0.717, 1.165) is 31.7 Å². The van der Waals surface area contributed by atoms with E-state index in [1.54, 1.807) is 0 Å². The number of hydrogen-bond acceptors (Lipinski definition) is 3. The Hall–Kier alpha value is -1.68. The molecule has 2 aromatic heterocycles. The van der Waals surface area contributed by atoms with E-state index in [2.05, 4.69) is 53.8 Å². The van der Waals surface area contributed by atoms with E-state index in [1.807, 2.05) is 18.5 Å². The molecular weight excluding hydrogens is 260 g/mol. The van der Waals surface area contributed by atoms with Gasteiger partial charge in [0.2, 0.25) is 0 Å². The molecule has 0 spiro atoms. The first-order valence-electron chi connectivity index (χ1n) is 7.70. The second kappa shape index (κ2) is 7.36. The molecule has 0 radical (unpaired) electrons. The van der Waals surface area contributed by atoms with Gasteiger partial charge in [-0.15, -0.1) is 0 Å². The van der Waals surface area contributed by atoms with Crippen LogP contribution in [-0.4, -0.2) is 21.3 Å². The summed E-state index contributed by atoms with van der Waals surface area (Å²) < 4.78 is 2.12. The SMILES string of the molecule is Cc1nn(CCc2cccnc2)c(C)c1CNCC(C)C. The highest BCUT2D eigenvalue weighted by Crippen LogP contribution is 2.13. The molecule has 0 aliphatic rings. The van der Waals surface area contributed by atoms with Crippen molar-refractivity contribution in [3.8, 4) is 0 Å². The average molecular weight is 286 g/mol. The number of nitrogens with one attached hydrogen (secondary N) is 1. The lowest BCUT2D eigenvalue weighted by molar-refractivity contribution is 0.549. The van der Waals surface area contributed by atoms with Crippen LogP contribution < -0.4 is 5.32 Å². The van der Waals surface area contributed by atoms with E-state index >= 15 is 0 Å². The minimum atomic E-state index is 0.672. The van der Waals surface area contributed by atoms with Crippen LogP contribution in [0, 0.1) is 19.8 Å². The zero-order valence-electron chi connectivity index (χ0n) is 13.6. The first-order chi connectivity index (χ1) is 10.1. The smallest absolute Gasteiger partial charge is 0.0641 e. The van der Waals surface area contributed by atoms with Gasteiger partial charge >= 0.3 is 0 Å². The normalized spacial score (nSPS) is 11.3. The number of rotatable bonds is 7. The molecule has 2 aromatic rings. The summed E-state index contributed by atoms with van der Waals surface area (Å²) >= 11 is 0. The lowest BCUT2D eigenvalue weighted by Gasteiger charge is -2.08. The van der Waals surface area contributed by atoms with Crippen molar-refractivity contribution in [1.29, 1.82) is 0 Å². The molecule has 114 valence electrons. The van der Waals surface area contributed by atoms with Crippen LogP contribution in [0.4, 0.5) is 0 Å². The molecule has 0 saturated carbocycles. The maximum atomic E-state index is 4.68. The van der Waals surface area contributed by atoms with Crippen molar-refractivity contribution in [2.75, 3.05) is 6.54 Å². The van der Waals surface area contributed by atoms with Gasteiger partial charge in [-0.05, 0) is 44.4 Å². The van der Waals surface area contributed by atoms with Gasteiger partial charge in [0, 0.05) is 36.7 Å². The molecule has 21 heavy (non-hydrogen) atoms. The number of hydrogen-bond donors (Lipinski definition) is 1. The summed E-state index contributed by atoms with van der Waals surface area (Å²) in [7, 11) is 0. The zero-order valence-corrected chi connectivity index (χ0v) is 13.6. The third kappa shape index (κ3) is 4.39. The molecule has 0 atom stereocenters. The van der Waals surface area contributed by atoms with Gasteiger partial charge in [0.1, 0.15) is 0 Å². The lowest BCUT2D eigenvalue weighted by Crippen LogP contribution is -2.19. The average Bonchev–Trinajstić information content (AvgIpc) is 2.73. The highest BCUT2D eigenvalue weighted by Gasteiger charge is 2.11. The van der Waals surface area contributed by atoms with Crippen LogP contribution in [0.1, 0.15) is 36.4 Å². The Morgan fingerprint density at radius 2 is 2.10 bits per heavy atom. The van der Waals surface area contributed by atoms with Gasteiger partial charge in [-0.1, -0.05) is 19.9 Å². The topological polar surface area (TPSA) is 42.7 Å². The second-order valence-electron chi connectivity index (χ2n) is 6.01. The summed E-state index contributed by atoms with van der Waals surface area (Å²) in [5.74, 6) is 0.672. The van der Waals surface area contributed by atoms with Crippen LogP contribution in [0.3, 0.4) is 0 Å². The van der Waals surface area contributed by atoms with Gasteiger partial charge in [0.15, 0.2) is 0 Å². The second-order valence-corrected chi connectivity index (χ2v) is 6.01. The van der Waals surface area contributed by atoms with Crippen molar-refractivity contribution in [2.24, 2.45) is 5.92 Å². The van der Waals surface area contributed by atoms with E-state index in [-0.39, 0.29) is 0 Å². The number of pyridine rings is 1. The Morgan fingerprint density at radius 3 is 2.76 bits per heavy atom. The molecule has 4 nitrogen and oxygen atoms in total. The molecule has 0 bridgehead atoms. The molecule has 0 unspecified atom stereocenters. The van der Waals surface area contributed by atoms with Gasteiger partial charge in [0.05, 0.1) is 5.69 Å². The van der Waals surface area contributed by atoms with Crippen molar-refractivity contribution in [1.82, 2.24) is 20.1 Å². The molecule has 2 rings (SSSR count). The molecule has 0 aliphatic heterocycles. The summed E-state index contributed by atoms with van der Waals surface area (Å²) in [4.78, 5) is 4.16. The third-order valence-corrected chi connectivity index (χ3v) is 3.72. The van der Waals surface area contributed by atoms with Crippen molar-refractivity contribution in [3.63, 3.8) is 0 Å². The molecule has 4 heteroatoms. The van der Waals surface area contributed by atoms with Crippen molar-refractivity contribution in [3.05, 3.63) is 47.0 Å². The Bertz CT molecular complexity index is 558. The standard InChI is InChI=1S/C17H26N4/c1-13(2)10-19-12-17-14(3)20-21(15(17)4)9-7-16-6-5-8-18-11-16/h5-6,8,11,13,19H,7,9-10,12H2,1-4H3. The van der Waals surface area contributed by atoms with Gasteiger partial charge in [-0.2, -0.15) is 5.10 Å². The van der Waals surface area contributed by atoms with Crippen molar-refractivity contribution < 1.29 is 0 Å². The van der Waals surface area contributed by atoms with E-state index in [4.69, 9.17) is 0 Å². The molecule has 0 aliphatic carbocycles. The molecule has 0 fully saturated rings. The highest BCUT2D eigenvalue weighted by atomic mass is 15.3. The maximum absolute atomic E-state index is 4.68. The number of aryl methyl sites for hydroxylation is 3. The lowest BCUT2D eigenvalue weighted by atomic mass is 10.1. The first-order valence-corrected chi connectivity index (χ1v) is 7.70. The van der Waals surface area contributed by atoms with E-state index in [0.29, 0.717) is 5.92 Å². The summed E-state index contributed by atoms with van der Waals surface area (Å²) in [6, 6.07) is 4.10. The van der Waals surface area contributed by atoms with E-state index in [1.165, 1.54) is 16.8 Å². The Kier molecular flexibility index (Phi) is 5.51. The zero-order chi connectivity index (χ0) is 15.2. The van der Waals surface area contributed by atoms with Gasteiger partial charge in [-0.25, -0.2) is 0 Å². The quantitative estimate of drug-likeness (QED) is 0.851. The maximum Gasteiger partial charge on any atom is 0.0641 e. The van der Waals surface area contributed by atoms with Crippen LogP contribution in [0.25, 0.3) is 0 Å². The molecule has 1 N–H and O–H groups in total. The predicted molar refractivity (Wildman–Crippen MR) is 86.2 cm³/mol. The van der Waals surface area contributed by atoms with Crippen LogP contribution >= 0.6 is 0 Å². The highest BCUT2D eigenvalue weighted by molar-refractivity contribution is 5.24. The van der Waals surface area contributed by atoms with E-state index < -0.39 is 0 Å². The Morgan fingerprint density at radius 1 is 1.29 bits per heavy atom. The monoisotopic (exact) mass is 286 g/mol. The fourth-order valence-electron chi connectivity index (χ4n) is 2.47. The molecule has 0 aromatic carbocycles. The largest absolute Gasteiger partial charge is 0.312 e. The number of nitrogens with zero attached hydrogens (tertiary/aromatic N) is 3. The van der Waals surface area contributed by atoms with E-state index in [9.17, 15) is 0 Å². The minimum absolute atomic E-state index is 0.672. The summed E-state index contributed by atoms with van der Waals surface area (Å²) in [5.41, 5.74) is 4.99. The van der Waals surface area contributed by atoms with Crippen molar-refractivity contribution >= 4 is 0 Å². The van der Waals surface area contributed by atoms with Gasteiger partial charge in [-0.3, -0.25) is 9.67 Å². The summed E-state index contributed by atoms with van der Waals surface area (Å²) in [6.45, 7) is 11.6. The molecular formula is C17H26N4. The number of aromatic nitrogens is 3. The predicted octanol–water partition coefficient (Wildman–Crippen LogP) is 2.88. The van der Waals surface area contributed by atoms with Crippen LogP contribution in [0.5, 0.6) is 0 Å². The fourth-order valence-corrected chi connectivity index (χ4v) is 2.47. The summed E-state index contributed by atoms with van der Waals surface area (Å²) in [6.07, 6.45) is 4.71. The Balaban J connectivity index is 1.98. The van der Waals surface area contributed by atoms with Crippen molar-refractivity contribution in [2.45, 2.75) is 47.2 Å². The summed E-state index contributed by atoms with van der Waals surface area (Å²) in [5, 5.41) is 8.19. The first kappa shape index (κ1) is 15.7. The Labute approximate surface area is 127 Å². The van der Waals surface area contributed by atoms with Crippen LogP contribution in [0.15, 0.2) is 24.5 Å². The molecule has 2 heterocycles. The van der Waals surface area contributed by atoms with Gasteiger partial charge in [0.25, 0.3) is 0 Å². The van der Waals surface area contributed by atoms with Crippen LogP contribution in [-0.2, 0) is 19.5 Å². The third-order valence-electron chi connectivity index (χ3n) is 3.72.